The lowest BCUT2D eigenvalue weighted by Crippen LogP contribution is -2.45. The Morgan fingerprint density at radius 2 is 1.88 bits per heavy atom. The third-order valence-corrected chi connectivity index (χ3v) is 5.23. The smallest absolute Gasteiger partial charge is 0.220 e. The van der Waals surface area contributed by atoms with Crippen molar-refractivity contribution in [1.82, 2.24) is 15.2 Å². The standard InChI is InChI=1S/C18H28N4O.3ClH/c19-17-6-3-4-14(17)12-18(23)21-15-7-10-22(11-8-15)13-16-5-1-2-9-20-16;;;/h1-2,5,9,14-15,17H,3-4,6-8,10-13,19H2,(H,21,23);3*1H/t14-,17+;;;/m0.../s1. The molecule has 0 aromatic carbocycles. The molecule has 3 rings (SSSR count). The highest BCUT2D eigenvalue weighted by Gasteiger charge is 2.27. The van der Waals surface area contributed by atoms with Crippen molar-refractivity contribution in [2.75, 3.05) is 13.1 Å². The summed E-state index contributed by atoms with van der Waals surface area (Å²) in [6, 6.07) is 6.59. The van der Waals surface area contributed by atoms with Crippen molar-refractivity contribution in [1.29, 1.82) is 0 Å². The zero-order valence-electron chi connectivity index (χ0n) is 15.0. The van der Waals surface area contributed by atoms with E-state index in [1.54, 1.807) is 0 Å². The minimum Gasteiger partial charge on any atom is -0.353 e. The molecule has 1 aromatic heterocycles. The van der Waals surface area contributed by atoms with E-state index < -0.39 is 0 Å². The Balaban J connectivity index is 0.00000208. The fraction of sp³-hybridized carbons (Fsp3) is 0.667. The molecule has 1 saturated heterocycles. The fourth-order valence-electron chi connectivity index (χ4n) is 3.80. The van der Waals surface area contributed by atoms with Crippen LogP contribution < -0.4 is 11.1 Å². The van der Waals surface area contributed by atoms with Gasteiger partial charge in [0.05, 0.1) is 5.69 Å². The van der Waals surface area contributed by atoms with Crippen LogP contribution in [0, 0.1) is 5.92 Å². The van der Waals surface area contributed by atoms with Gasteiger partial charge in [0.15, 0.2) is 0 Å². The van der Waals surface area contributed by atoms with Crippen LogP contribution in [0.1, 0.15) is 44.2 Å². The summed E-state index contributed by atoms with van der Waals surface area (Å²) in [6.45, 7) is 2.94. The van der Waals surface area contributed by atoms with Crippen molar-refractivity contribution < 1.29 is 4.79 Å². The lowest BCUT2D eigenvalue weighted by atomic mass is 9.98. The van der Waals surface area contributed by atoms with Crippen LogP contribution in [0.5, 0.6) is 0 Å². The number of halogens is 3. The molecule has 1 aliphatic heterocycles. The van der Waals surface area contributed by atoms with Gasteiger partial charge in [0, 0.05) is 44.3 Å². The first kappa shape index (κ1) is 25.4. The first-order valence-corrected chi connectivity index (χ1v) is 8.88. The Morgan fingerprint density at radius 1 is 1.15 bits per heavy atom. The summed E-state index contributed by atoms with van der Waals surface area (Å²) >= 11 is 0. The molecule has 5 nitrogen and oxygen atoms in total. The molecule has 3 N–H and O–H groups in total. The second-order valence-electron chi connectivity index (χ2n) is 7.00. The summed E-state index contributed by atoms with van der Waals surface area (Å²) in [4.78, 5) is 19.0. The first-order chi connectivity index (χ1) is 11.2. The zero-order valence-corrected chi connectivity index (χ0v) is 17.5. The van der Waals surface area contributed by atoms with E-state index in [2.05, 4.69) is 21.3 Å². The molecule has 2 aliphatic rings. The normalized spacial score (nSPS) is 23.3. The summed E-state index contributed by atoms with van der Waals surface area (Å²) in [5.41, 5.74) is 7.18. The van der Waals surface area contributed by atoms with Gasteiger partial charge >= 0.3 is 0 Å². The molecule has 2 atom stereocenters. The van der Waals surface area contributed by atoms with Gasteiger partial charge in [0.25, 0.3) is 0 Å². The minimum atomic E-state index is 0. The van der Waals surface area contributed by atoms with E-state index in [9.17, 15) is 4.79 Å². The Labute approximate surface area is 175 Å². The number of nitrogens with zero attached hydrogens (tertiary/aromatic N) is 2. The van der Waals surface area contributed by atoms with Crippen molar-refractivity contribution >= 4 is 43.1 Å². The summed E-state index contributed by atoms with van der Waals surface area (Å²) < 4.78 is 0. The van der Waals surface area contributed by atoms with E-state index in [0.29, 0.717) is 18.4 Å². The Hall–Kier alpha value is -0.590. The van der Waals surface area contributed by atoms with Gasteiger partial charge in [-0.15, -0.1) is 37.2 Å². The molecule has 1 saturated carbocycles. The zero-order chi connectivity index (χ0) is 16.1. The number of hydrogen-bond donors (Lipinski definition) is 2. The quantitative estimate of drug-likeness (QED) is 0.761. The molecule has 2 fully saturated rings. The minimum absolute atomic E-state index is 0. The highest BCUT2D eigenvalue weighted by atomic mass is 35.5. The maximum Gasteiger partial charge on any atom is 0.220 e. The average Bonchev–Trinajstić information content (AvgIpc) is 2.95. The van der Waals surface area contributed by atoms with Gasteiger partial charge < -0.3 is 11.1 Å². The molecule has 0 unspecified atom stereocenters. The summed E-state index contributed by atoms with van der Waals surface area (Å²) in [5.74, 6) is 0.578. The van der Waals surface area contributed by atoms with Gasteiger partial charge in [0.1, 0.15) is 0 Å². The van der Waals surface area contributed by atoms with Crippen molar-refractivity contribution in [3.05, 3.63) is 30.1 Å². The fourth-order valence-corrected chi connectivity index (χ4v) is 3.80. The molecule has 8 heteroatoms. The van der Waals surface area contributed by atoms with E-state index in [0.717, 1.165) is 51.0 Å². The molecule has 0 spiro atoms. The highest BCUT2D eigenvalue weighted by Crippen LogP contribution is 2.26. The second kappa shape index (κ2) is 12.7. The van der Waals surface area contributed by atoms with Crippen LogP contribution in [0.15, 0.2) is 24.4 Å². The van der Waals surface area contributed by atoms with E-state index >= 15 is 0 Å². The number of nitrogens with two attached hydrogens (primary N) is 1. The average molecular weight is 426 g/mol. The van der Waals surface area contributed by atoms with Crippen molar-refractivity contribution in [2.24, 2.45) is 11.7 Å². The summed E-state index contributed by atoms with van der Waals surface area (Å²) in [6.07, 6.45) is 7.85. The number of carbonyl (C=O) groups is 1. The van der Waals surface area contributed by atoms with Crippen LogP contribution in [0.25, 0.3) is 0 Å². The highest BCUT2D eigenvalue weighted by molar-refractivity contribution is 5.86. The molecule has 26 heavy (non-hydrogen) atoms. The SMILES string of the molecule is Cl.Cl.Cl.N[C@@H]1CCC[C@H]1CC(=O)NC1CCN(Cc2ccccn2)CC1. The Kier molecular flexibility index (Phi) is 12.4. The van der Waals surface area contributed by atoms with Gasteiger partial charge in [-0.25, -0.2) is 0 Å². The number of hydrogen-bond acceptors (Lipinski definition) is 4. The molecule has 1 aliphatic carbocycles. The number of amides is 1. The molecular weight excluding hydrogens is 395 g/mol. The predicted octanol–water partition coefficient (Wildman–Crippen LogP) is 2.95. The third kappa shape index (κ3) is 7.57. The van der Waals surface area contributed by atoms with E-state index in [1.807, 2.05) is 18.3 Å². The number of nitrogens with one attached hydrogen (secondary N) is 1. The molecule has 0 radical (unpaired) electrons. The number of pyridine rings is 1. The van der Waals surface area contributed by atoms with Crippen LogP contribution >= 0.6 is 37.2 Å². The summed E-state index contributed by atoms with van der Waals surface area (Å²) in [5, 5.41) is 3.21. The predicted molar refractivity (Wildman–Crippen MR) is 112 cm³/mol. The van der Waals surface area contributed by atoms with Crippen LogP contribution in [0.4, 0.5) is 0 Å². The van der Waals surface area contributed by atoms with Crippen LogP contribution in [0.3, 0.4) is 0 Å². The van der Waals surface area contributed by atoms with Crippen LogP contribution in [0.2, 0.25) is 0 Å². The molecule has 1 aromatic rings. The topological polar surface area (TPSA) is 71.2 Å². The van der Waals surface area contributed by atoms with Gasteiger partial charge in [-0.1, -0.05) is 12.5 Å². The molecular formula is C18H31Cl3N4O. The van der Waals surface area contributed by atoms with Crippen molar-refractivity contribution in [3.8, 4) is 0 Å². The molecule has 0 bridgehead atoms. The Morgan fingerprint density at radius 3 is 2.46 bits per heavy atom. The van der Waals surface area contributed by atoms with Crippen molar-refractivity contribution in [3.63, 3.8) is 0 Å². The number of aromatic nitrogens is 1. The molecule has 150 valence electrons. The lowest BCUT2D eigenvalue weighted by molar-refractivity contribution is -0.123. The lowest BCUT2D eigenvalue weighted by Gasteiger charge is -2.32. The number of rotatable bonds is 5. The van der Waals surface area contributed by atoms with Gasteiger partial charge in [-0.05, 0) is 43.7 Å². The maximum atomic E-state index is 12.2. The summed E-state index contributed by atoms with van der Waals surface area (Å²) in [7, 11) is 0. The number of carbonyl (C=O) groups excluding carboxylic acids is 1. The van der Waals surface area contributed by atoms with Crippen LogP contribution in [-0.2, 0) is 11.3 Å². The van der Waals surface area contributed by atoms with Gasteiger partial charge in [-0.2, -0.15) is 0 Å². The van der Waals surface area contributed by atoms with Crippen molar-refractivity contribution in [2.45, 2.75) is 57.2 Å². The third-order valence-electron chi connectivity index (χ3n) is 5.23. The van der Waals surface area contributed by atoms with E-state index in [-0.39, 0.29) is 49.2 Å². The van der Waals surface area contributed by atoms with Gasteiger partial charge in [-0.3, -0.25) is 14.7 Å². The number of likely N-dealkylation sites (tertiary alicyclic amines) is 1. The largest absolute Gasteiger partial charge is 0.353 e. The van der Waals surface area contributed by atoms with Gasteiger partial charge in [0.2, 0.25) is 5.91 Å². The molecule has 1 amide bonds. The monoisotopic (exact) mass is 424 g/mol. The molecule has 2 heterocycles. The van der Waals surface area contributed by atoms with Crippen LogP contribution in [-0.4, -0.2) is 41.0 Å². The second-order valence-corrected chi connectivity index (χ2v) is 7.00. The first-order valence-electron chi connectivity index (χ1n) is 8.88. The number of piperidine rings is 1. The maximum absolute atomic E-state index is 12.2. The Bertz CT molecular complexity index is 512. The van der Waals surface area contributed by atoms with E-state index in [4.69, 9.17) is 5.73 Å². The van der Waals surface area contributed by atoms with E-state index in [1.165, 1.54) is 6.42 Å².